The van der Waals surface area contributed by atoms with E-state index in [4.69, 9.17) is 18.9 Å². The van der Waals surface area contributed by atoms with E-state index in [-0.39, 0.29) is 0 Å². The molecule has 0 spiro atoms. The van der Waals surface area contributed by atoms with Crippen LogP contribution in [0.4, 0.5) is 4.79 Å². The summed E-state index contributed by atoms with van der Waals surface area (Å²) in [5, 5.41) is 13.2. The summed E-state index contributed by atoms with van der Waals surface area (Å²) >= 11 is 0. The fourth-order valence-electron chi connectivity index (χ4n) is 3.70. The number of nitrogens with one attached hydrogen (secondary N) is 1. The minimum absolute atomic E-state index is 0.405. The molecule has 0 bridgehead atoms. The fraction of sp³-hybridized carbons (Fsp3) is 0.556. The number of rotatable bonds is 10. The number of alkyl carbamates (subject to hydrolysis) is 1. The molecular formula is C27H39NO8. The molecule has 1 aromatic rings. The maximum absolute atomic E-state index is 12.5. The number of benzene rings is 1. The molecule has 1 heterocycles. The Balaban J connectivity index is 2.13. The van der Waals surface area contributed by atoms with Gasteiger partial charge in [0, 0.05) is 0 Å². The van der Waals surface area contributed by atoms with Gasteiger partial charge < -0.3 is 34.1 Å². The molecule has 1 aliphatic rings. The molecule has 0 unspecified atom stereocenters. The van der Waals surface area contributed by atoms with E-state index in [1.807, 2.05) is 55.5 Å². The Morgan fingerprint density at radius 2 is 1.83 bits per heavy atom. The lowest BCUT2D eigenvalue weighted by atomic mass is 9.98. The fourth-order valence-corrected chi connectivity index (χ4v) is 3.70. The van der Waals surface area contributed by atoms with Crippen molar-refractivity contribution in [3.05, 3.63) is 48.1 Å². The number of methoxy groups -OCH3 is 1. The van der Waals surface area contributed by atoms with Crippen molar-refractivity contribution in [2.24, 2.45) is 0 Å². The number of allylic oxidation sites excluding steroid dienone is 2. The molecule has 1 amide bonds. The summed E-state index contributed by atoms with van der Waals surface area (Å²) in [5.41, 5.74) is 0.250. The highest BCUT2D eigenvalue weighted by atomic mass is 16.8. The molecule has 0 aromatic heterocycles. The predicted molar refractivity (Wildman–Crippen MR) is 135 cm³/mol. The van der Waals surface area contributed by atoms with Crippen LogP contribution in [0, 0.1) is 0 Å². The van der Waals surface area contributed by atoms with Crippen molar-refractivity contribution >= 4 is 18.1 Å². The summed E-state index contributed by atoms with van der Waals surface area (Å²) in [6, 6.07) is 6.58. The third-order valence-corrected chi connectivity index (χ3v) is 5.14. The summed E-state index contributed by atoms with van der Waals surface area (Å²) in [6.45, 7) is 11.2. The minimum Gasteiger partial charge on any atom is -0.494 e. The maximum Gasteiger partial charge on any atom is 0.408 e. The molecule has 1 fully saturated rings. The molecule has 2 N–H and O–H groups in total. The Hall–Kier alpha value is -2.88. The molecule has 9 heteroatoms. The smallest absolute Gasteiger partial charge is 0.408 e. The quantitative estimate of drug-likeness (QED) is 0.363. The standard InChI is InChI=1S/C27H39NO8/c1-8-33-19-16-14-18(15-17-19)12-10-9-11-13-20-23(35-27(5,6)34-20)21(22(29)24(30)32-7)28-25(31)36-26(2,3)4/h9-12,14-17,20-23,29H,8,13H2,1-7H3,(H,28,31)/b11-9+,12-10+/t20-,21-,22-,23+/m0/s1. The number of aliphatic hydroxyl groups excluding tert-OH is 1. The van der Waals surface area contributed by atoms with Crippen molar-refractivity contribution < 1.29 is 38.4 Å². The third kappa shape index (κ3) is 9.29. The molecule has 0 saturated carbocycles. The number of aliphatic hydroxyl groups is 1. The second-order valence-electron chi connectivity index (χ2n) is 9.80. The Labute approximate surface area is 213 Å². The number of hydrogen-bond donors (Lipinski definition) is 2. The van der Waals surface area contributed by atoms with Crippen LogP contribution in [0.2, 0.25) is 0 Å². The summed E-state index contributed by atoms with van der Waals surface area (Å²) in [7, 11) is 1.16. The number of carbonyl (C=O) groups excluding carboxylic acids is 2. The van der Waals surface area contributed by atoms with Crippen LogP contribution in [-0.2, 0) is 23.7 Å². The lowest BCUT2D eigenvalue weighted by Gasteiger charge is -2.30. The Kier molecular flexibility index (Phi) is 10.5. The molecule has 0 aliphatic carbocycles. The second-order valence-corrected chi connectivity index (χ2v) is 9.80. The lowest BCUT2D eigenvalue weighted by molar-refractivity contribution is -0.162. The van der Waals surface area contributed by atoms with Crippen molar-refractivity contribution in [3.8, 4) is 5.75 Å². The largest absolute Gasteiger partial charge is 0.494 e. The number of hydrogen-bond acceptors (Lipinski definition) is 8. The third-order valence-electron chi connectivity index (χ3n) is 5.14. The van der Waals surface area contributed by atoms with Gasteiger partial charge in [0.1, 0.15) is 17.5 Å². The molecule has 1 aromatic carbocycles. The number of esters is 1. The first-order chi connectivity index (χ1) is 16.8. The van der Waals surface area contributed by atoms with Gasteiger partial charge in [0.25, 0.3) is 0 Å². The van der Waals surface area contributed by atoms with E-state index in [9.17, 15) is 14.7 Å². The Bertz CT molecular complexity index is 917. The van der Waals surface area contributed by atoms with Gasteiger partial charge in [-0.1, -0.05) is 36.4 Å². The first-order valence-corrected chi connectivity index (χ1v) is 12.0. The van der Waals surface area contributed by atoms with E-state index < -0.39 is 47.8 Å². The Morgan fingerprint density at radius 1 is 1.17 bits per heavy atom. The molecule has 36 heavy (non-hydrogen) atoms. The van der Waals surface area contributed by atoms with Crippen LogP contribution >= 0.6 is 0 Å². The van der Waals surface area contributed by atoms with Crippen LogP contribution in [0.5, 0.6) is 5.75 Å². The summed E-state index contributed by atoms with van der Waals surface area (Å²) in [4.78, 5) is 24.6. The molecule has 2 rings (SSSR count). The predicted octanol–water partition coefficient (Wildman–Crippen LogP) is 3.99. The van der Waals surface area contributed by atoms with Gasteiger partial charge in [0.2, 0.25) is 0 Å². The van der Waals surface area contributed by atoms with Crippen LogP contribution in [0.1, 0.15) is 53.5 Å². The van der Waals surface area contributed by atoms with Crippen molar-refractivity contribution in [2.45, 2.75) is 83.7 Å². The average molecular weight is 506 g/mol. The van der Waals surface area contributed by atoms with Crippen LogP contribution < -0.4 is 10.1 Å². The van der Waals surface area contributed by atoms with Crippen LogP contribution in [0.15, 0.2) is 42.5 Å². The van der Waals surface area contributed by atoms with Gasteiger partial charge in [0.05, 0.1) is 25.9 Å². The summed E-state index contributed by atoms with van der Waals surface area (Å²) in [5.74, 6) is -1.08. The van der Waals surface area contributed by atoms with Gasteiger partial charge in [-0.2, -0.15) is 0 Å². The van der Waals surface area contributed by atoms with E-state index in [0.717, 1.165) is 18.4 Å². The molecular weight excluding hydrogens is 466 g/mol. The normalized spacial score (nSPS) is 21.3. The number of carbonyl (C=O) groups is 2. The highest BCUT2D eigenvalue weighted by Gasteiger charge is 2.49. The molecule has 9 nitrogen and oxygen atoms in total. The van der Waals surface area contributed by atoms with Gasteiger partial charge >= 0.3 is 12.1 Å². The summed E-state index contributed by atoms with van der Waals surface area (Å²) in [6.07, 6.45) is 4.13. The molecule has 4 atom stereocenters. The van der Waals surface area contributed by atoms with E-state index in [1.54, 1.807) is 34.6 Å². The Morgan fingerprint density at radius 3 is 2.42 bits per heavy atom. The van der Waals surface area contributed by atoms with Gasteiger partial charge in [-0.3, -0.25) is 0 Å². The van der Waals surface area contributed by atoms with E-state index in [0.29, 0.717) is 13.0 Å². The number of ether oxygens (including phenoxy) is 5. The molecule has 200 valence electrons. The van der Waals surface area contributed by atoms with Gasteiger partial charge in [-0.15, -0.1) is 0 Å². The van der Waals surface area contributed by atoms with Crippen LogP contribution in [0.25, 0.3) is 6.08 Å². The minimum atomic E-state index is -1.68. The highest BCUT2D eigenvalue weighted by molar-refractivity contribution is 5.77. The first-order valence-electron chi connectivity index (χ1n) is 12.0. The first kappa shape index (κ1) is 29.4. The van der Waals surface area contributed by atoms with Crippen LogP contribution in [-0.4, -0.2) is 66.6 Å². The SMILES string of the molecule is CCOc1ccc(/C=C/C=C/C[C@@H]2OC(C)(C)O[C@H]2[C@@H](NC(=O)OC(C)(C)C)[C@H](O)C(=O)OC)cc1. The molecule has 1 saturated heterocycles. The average Bonchev–Trinajstić information content (AvgIpc) is 3.10. The van der Waals surface area contributed by atoms with Crippen molar-refractivity contribution in [1.29, 1.82) is 0 Å². The lowest BCUT2D eigenvalue weighted by Crippen LogP contribution is -2.57. The van der Waals surface area contributed by atoms with Gasteiger partial charge in [-0.05, 0) is 65.7 Å². The van der Waals surface area contributed by atoms with Gasteiger partial charge in [-0.25, -0.2) is 9.59 Å². The second kappa shape index (κ2) is 12.9. The maximum atomic E-state index is 12.5. The number of amides is 1. The highest BCUT2D eigenvalue weighted by Crippen LogP contribution is 2.33. The zero-order chi connectivity index (χ0) is 26.9. The topological polar surface area (TPSA) is 113 Å². The zero-order valence-electron chi connectivity index (χ0n) is 22.1. The summed E-state index contributed by atoms with van der Waals surface area (Å²) < 4.78 is 27.5. The van der Waals surface area contributed by atoms with Crippen molar-refractivity contribution in [2.75, 3.05) is 13.7 Å². The van der Waals surface area contributed by atoms with E-state index >= 15 is 0 Å². The molecule has 1 aliphatic heterocycles. The monoisotopic (exact) mass is 505 g/mol. The van der Waals surface area contributed by atoms with E-state index in [1.165, 1.54) is 0 Å². The van der Waals surface area contributed by atoms with Crippen molar-refractivity contribution in [1.82, 2.24) is 5.32 Å². The van der Waals surface area contributed by atoms with Gasteiger partial charge in [0.15, 0.2) is 11.9 Å². The van der Waals surface area contributed by atoms with Crippen molar-refractivity contribution in [3.63, 3.8) is 0 Å². The zero-order valence-corrected chi connectivity index (χ0v) is 22.1. The van der Waals surface area contributed by atoms with Crippen LogP contribution in [0.3, 0.4) is 0 Å². The van der Waals surface area contributed by atoms with E-state index in [2.05, 4.69) is 10.1 Å². The molecule has 0 radical (unpaired) electrons.